The van der Waals surface area contributed by atoms with Crippen molar-refractivity contribution in [2.75, 3.05) is 25.4 Å². The third kappa shape index (κ3) is 4.85. The minimum Gasteiger partial charge on any atom is -0.481 e. The first kappa shape index (κ1) is 17.0. The summed E-state index contributed by atoms with van der Waals surface area (Å²) in [5.41, 5.74) is 0.765. The molecule has 0 saturated carbocycles. The Balaban J connectivity index is 1.77. The number of aliphatic carboxylic acids is 1. The number of nitrogens with zero attached hydrogens (tertiary/aromatic N) is 1. The first-order valence-electron chi connectivity index (χ1n) is 7.81. The summed E-state index contributed by atoms with van der Waals surface area (Å²) in [5.74, 6) is 0.282. The Hall–Kier alpha value is -1.33. The molecule has 0 amide bonds. The largest absolute Gasteiger partial charge is 0.481 e. The van der Waals surface area contributed by atoms with Gasteiger partial charge in [-0.25, -0.2) is 0 Å². The zero-order valence-electron chi connectivity index (χ0n) is 13.0. The molecule has 1 N–H and O–H groups in total. The highest BCUT2D eigenvalue weighted by Crippen LogP contribution is 2.20. The maximum atomic E-state index is 12.2. The van der Waals surface area contributed by atoms with Crippen molar-refractivity contribution in [3.63, 3.8) is 0 Å². The molecule has 0 bridgehead atoms. The van der Waals surface area contributed by atoms with Gasteiger partial charge in [0, 0.05) is 23.4 Å². The Morgan fingerprint density at radius 1 is 1.23 bits per heavy atom. The summed E-state index contributed by atoms with van der Waals surface area (Å²) >= 11 is 1.77. The molecule has 5 heteroatoms. The molecule has 2 rings (SSSR count). The SMILES string of the molecule is CCSc1ccc(C(=O)CCN2CCC(C(=O)O)CC2)cc1. The minimum absolute atomic E-state index is 0.161. The second kappa shape index (κ2) is 8.34. The van der Waals surface area contributed by atoms with Gasteiger partial charge >= 0.3 is 5.97 Å². The van der Waals surface area contributed by atoms with Gasteiger partial charge in [0.25, 0.3) is 0 Å². The quantitative estimate of drug-likeness (QED) is 0.617. The second-order valence-corrected chi connectivity index (χ2v) is 6.92. The van der Waals surface area contributed by atoms with Crippen molar-refractivity contribution in [1.29, 1.82) is 0 Å². The highest BCUT2D eigenvalue weighted by atomic mass is 32.2. The molecule has 0 atom stereocenters. The fourth-order valence-electron chi connectivity index (χ4n) is 2.71. The molecule has 0 aliphatic carbocycles. The Bertz CT molecular complexity index is 507. The van der Waals surface area contributed by atoms with Crippen molar-refractivity contribution in [3.05, 3.63) is 29.8 Å². The van der Waals surface area contributed by atoms with Gasteiger partial charge in [0.2, 0.25) is 0 Å². The predicted molar refractivity (Wildman–Crippen MR) is 88.6 cm³/mol. The second-order valence-electron chi connectivity index (χ2n) is 5.58. The number of piperidine rings is 1. The summed E-state index contributed by atoms with van der Waals surface area (Å²) in [4.78, 5) is 26.5. The van der Waals surface area contributed by atoms with E-state index in [4.69, 9.17) is 5.11 Å². The van der Waals surface area contributed by atoms with Crippen LogP contribution in [0.4, 0.5) is 0 Å². The number of Topliss-reactive ketones (excluding diaryl/α,β-unsaturated/α-hetero) is 1. The van der Waals surface area contributed by atoms with Crippen molar-refractivity contribution >= 4 is 23.5 Å². The number of carboxylic acids is 1. The highest BCUT2D eigenvalue weighted by molar-refractivity contribution is 7.99. The molecule has 0 spiro atoms. The molecule has 1 saturated heterocycles. The molecule has 0 aromatic heterocycles. The molecule has 0 radical (unpaired) electrons. The standard InChI is InChI=1S/C17H23NO3S/c1-2-22-15-5-3-13(4-6-15)16(19)9-12-18-10-7-14(8-11-18)17(20)21/h3-6,14H,2,7-12H2,1H3,(H,20,21). The fraction of sp³-hybridized carbons (Fsp3) is 0.529. The highest BCUT2D eigenvalue weighted by Gasteiger charge is 2.24. The number of hydrogen-bond donors (Lipinski definition) is 1. The summed E-state index contributed by atoms with van der Waals surface area (Å²) in [6.07, 6.45) is 1.87. The molecule has 1 aromatic rings. The predicted octanol–water partition coefficient (Wildman–Crippen LogP) is 3.17. The van der Waals surface area contributed by atoms with Crippen LogP contribution in [0.25, 0.3) is 0 Å². The number of rotatable bonds is 7. The molecule has 22 heavy (non-hydrogen) atoms. The molecule has 1 heterocycles. The minimum atomic E-state index is -0.694. The molecule has 1 aliphatic heterocycles. The van der Waals surface area contributed by atoms with E-state index in [0.29, 0.717) is 19.3 Å². The van der Waals surface area contributed by atoms with Gasteiger partial charge in [-0.1, -0.05) is 19.1 Å². The van der Waals surface area contributed by atoms with Gasteiger partial charge in [0.15, 0.2) is 5.78 Å². The Morgan fingerprint density at radius 2 is 1.86 bits per heavy atom. The molecule has 1 fully saturated rings. The Labute approximate surface area is 135 Å². The summed E-state index contributed by atoms with van der Waals surface area (Å²) < 4.78 is 0. The molecule has 120 valence electrons. The van der Waals surface area contributed by atoms with E-state index >= 15 is 0 Å². The normalized spacial score (nSPS) is 16.6. The van der Waals surface area contributed by atoms with Crippen LogP contribution in [0.2, 0.25) is 0 Å². The smallest absolute Gasteiger partial charge is 0.306 e. The van der Waals surface area contributed by atoms with Crippen LogP contribution in [0.1, 0.15) is 36.5 Å². The van der Waals surface area contributed by atoms with Gasteiger partial charge in [-0.3, -0.25) is 9.59 Å². The average Bonchev–Trinajstić information content (AvgIpc) is 2.54. The van der Waals surface area contributed by atoms with Crippen LogP contribution in [0, 0.1) is 5.92 Å². The molecular weight excluding hydrogens is 298 g/mol. The van der Waals surface area contributed by atoms with Gasteiger partial charge in [0.1, 0.15) is 0 Å². The number of hydrogen-bond acceptors (Lipinski definition) is 4. The van der Waals surface area contributed by atoms with E-state index in [1.165, 1.54) is 4.90 Å². The van der Waals surface area contributed by atoms with Gasteiger partial charge in [-0.2, -0.15) is 0 Å². The van der Waals surface area contributed by atoms with Crippen molar-refractivity contribution in [3.8, 4) is 0 Å². The van der Waals surface area contributed by atoms with Crippen LogP contribution >= 0.6 is 11.8 Å². The van der Waals surface area contributed by atoms with Crippen LogP contribution in [0.5, 0.6) is 0 Å². The third-order valence-electron chi connectivity index (χ3n) is 4.08. The molecule has 1 aliphatic rings. The van der Waals surface area contributed by atoms with Crippen molar-refractivity contribution in [2.24, 2.45) is 5.92 Å². The lowest BCUT2D eigenvalue weighted by atomic mass is 9.97. The lowest BCUT2D eigenvalue weighted by Gasteiger charge is -2.29. The monoisotopic (exact) mass is 321 g/mol. The van der Waals surface area contributed by atoms with E-state index < -0.39 is 5.97 Å². The van der Waals surface area contributed by atoms with Crippen LogP contribution < -0.4 is 0 Å². The van der Waals surface area contributed by atoms with E-state index in [1.54, 1.807) is 11.8 Å². The summed E-state index contributed by atoms with van der Waals surface area (Å²) in [7, 11) is 0. The van der Waals surface area contributed by atoms with Crippen LogP contribution in [-0.2, 0) is 4.79 Å². The van der Waals surface area contributed by atoms with Gasteiger partial charge in [-0.05, 0) is 43.8 Å². The zero-order valence-corrected chi connectivity index (χ0v) is 13.8. The lowest BCUT2D eigenvalue weighted by molar-refractivity contribution is -0.143. The van der Waals surface area contributed by atoms with Crippen LogP contribution in [0.3, 0.4) is 0 Å². The molecule has 0 unspecified atom stereocenters. The fourth-order valence-corrected chi connectivity index (χ4v) is 3.37. The Morgan fingerprint density at radius 3 is 2.41 bits per heavy atom. The average molecular weight is 321 g/mol. The number of thioether (sulfide) groups is 1. The van der Waals surface area contributed by atoms with E-state index in [0.717, 1.165) is 31.0 Å². The third-order valence-corrected chi connectivity index (χ3v) is 4.97. The van der Waals surface area contributed by atoms with E-state index in [2.05, 4.69) is 11.8 Å². The van der Waals surface area contributed by atoms with E-state index in [9.17, 15) is 9.59 Å². The molecular formula is C17H23NO3S. The number of carboxylic acid groups (broad SMARTS) is 1. The van der Waals surface area contributed by atoms with Crippen molar-refractivity contribution in [1.82, 2.24) is 4.90 Å². The van der Waals surface area contributed by atoms with E-state index in [-0.39, 0.29) is 11.7 Å². The summed E-state index contributed by atoms with van der Waals surface area (Å²) in [6.45, 7) is 4.38. The first-order chi connectivity index (χ1) is 10.6. The Kier molecular flexibility index (Phi) is 6.46. The number of carbonyl (C=O) groups is 2. The first-order valence-corrected chi connectivity index (χ1v) is 8.80. The maximum Gasteiger partial charge on any atom is 0.306 e. The molecule has 1 aromatic carbocycles. The van der Waals surface area contributed by atoms with Gasteiger partial charge < -0.3 is 10.0 Å². The number of benzene rings is 1. The van der Waals surface area contributed by atoms with Gasteiger partial charge in [-0.15, -0.1) is 11.8 Å². The zero-order chi connectivity index (χ0) is 15.9. The number of likely N-dealkylation sites (tertiary alicyclic amines) is 1. The molecule has 4 nitrogen and oxygen atoms in total. The topological polar surface area (TPSA) is 57.6 Å². The maximum absolute atomic E-state index is 12.2. The lowest BCUT2D eigenvalue weighted by Crippen LogP contribution is -2.37. The van der Waals surface area contributed by atoms with Crippen molar-refractivity contribution < 1.29 is 14.7 Å². The summed E-state index contributed by atoms with van der Waals surface area (Å²) in [6, 6.07) is 7.80. The number of carbonyl (C=O) groups excluding carboxylic acids is 1. The summed E-state index contributed by atoms with van der Waals surface area (Å²) in [5, 5.41) is 8.98. The van der Waals surface area contributed by atoms with Crippen LogP contribution in [0.15, 0.2) is 29.2 Å². The number of ketones is 1. The van der Waals surface area contributed by atoms with Gasteiger partial charge in [0.05, 0.1) is 5.92 Å². The van der Waals surface area contributed by atoms with Crippen LogP contribution in [-0.4, -0.2) is 47.1 Å². The van der Waals surface area contributed by atoms with Crippen molar-refractivity contribution in [2.45, 2.75) is 31.1 Å². The van der Waals surface area contributed by atoms with E-state index in [1.807, 2.05) is 24.3 Å².